The zero-order valence-electron chi connectivity index (χ0n) is 10.3. The predicted molar refractivity (Wildman–Crippen MR) is 73.9 cm³/mol. The third-order valence-corrected chi connectivity index (χ3v) is 2.93. The summed E-state index contributed by atoms with van der Waals surface area (Å²) < 4.78 is 5.54. The van der Waals surface area contributed by atoms with Crippen LogP contribution in [0.4, 0.5) is 5.69 Å². The lowest BCUT2D eigenvalue weighted by atomic mass is 10.2. The number of hydrogen-bond acceptors (Lipinski definition) is 3. The molecule has 0 spiro atoms. The third-order valence-electron chi connectivity index (χ3n) is 2.62. The van der Waals surface area contributed by atoms with Crippen molar-refractivity contribution in [3.8, 4) is 11.5 Å². The average Bonchev–Trinajstić information content (AvgIpc) is 2.41. The van der Waals surface area contributed by atoms with Gasteiger partial charge < -0.3 is 4.74 Å². The monoisotopic (exact) mass is 277 g/mol. The van der Waals surface area contributed by atoms with E-state index in [0.717, 1.165) is 5.56 Å². The van der Waals surface area contributed by atoms with Crippen molar-refractivity contribution in [1.82, 2.24) is 0 Å². The van der Waals surface area contributed by atoms with Crippen LogP contribution >= 0.6 is 11.6 Å². The van der Waals surface area contributed by atoms with E-state index in [-0.39, 0.29) is 17.3 Å². The number of halogens is 1. The van der Waals surface area contributed by atoms with E-state index in [1.165, 1.54) is 6.07 Å². The zero-order valence-corrected chi connectivity index (χ0v) is 11.1. The van der Waals surface area contributed by atoms with Gasteiger partial charge in [-0.3, -0.25) is 10.1 Å². The number of ether oxygens (including phenoxy) is 1. The van der Waals surface area contributed by atoms with Crippen LogP contribution in [0, 0.1) is 17.0 Å². The lowest BCUT2D eigenvalue weighted by Crippen LogP contribution is -1.94. The van der Waals surface area contributed by atoms with E-state index in [9.17, 15) is 10.1 Å². The van der Waals surface area contributed by atoms with Crippen molar-refractivity contribution >= 4 is 17.3 Å². The molecule has 0 saturated heterocycles. The minimum Gasteiger partial charge on any atom is -0.450 e. The Kier molecular flexibility index (Phi) is 4.02. The highest BCUT2D eigenvalue weighted by Gasteiger charge is 2.16. The van der Waals surface area contributed by atoms with Crippen molar-refractivity contribution in [3.63, 3.8) is 0 Å². The predicted octanol–water partition coefficient (Wildman–Crippen LogP) is 4.43. The van der Waals surface area contributed by atoms with E-state index in [0.29, 0.717) is 11.3 Å². The summed E-state index contributed by atoms with van der Waals surface area (Å²) in [5.74, 6) is 1.00. The van der Waals surface area contributed by atoms with Crippen molar-refractivity contribution in [1.29, 1.82) is 0 Å². The van der Waals surface area contributed by atoms with Crippen molar-refractivity contribution in [3.05, 3.63) is 63.7 Å². The van der Waals surface area contributed by atoms with Crippen LogP contribution < -0.4 is 4.74 Å². The summed E-state index contributed by atoms with van der Waals surface area (Å²) >= 11 is 5.67. The van der Waals surface area contributed by atoms with Crippen LogP contribution in [0.5, 0.6) is 11.5 Å². The molecule has 0 atom stereocenters. The molecule has 0 bridgehead atoms. The molecule has 2 aromatic carbocycles. The van der Waals surface area contributed by atoms with Gasteiger partial charge in [0.05, 0.1) is 4.92 Å². The molecule has 0 aliphatic heterocycles. The zero-order chi connectivity index (χ0) is 13.8. The molecule has 0 amide bonds. The minimum absolute atomic E-state index is 0.0845. The van der Waals surface area contributed by atoms with Gasteiger partial charge in [-0.1, -0.05) is 23.8 Å². The summed E-state index contributed by atoms with van der Waals surface area (Å²) in [5, 5.41) is 11.0. The van der Waals surface area contributed by atoms with Gasteiger partial charge in [0.1, 0.15) is 5.75 Å². The maximum absolute atomic E-state index is 11.0. The second kappa shape index (κ2) is 5.71. The summed E-state index contributed by atoms with van der Waals surface area (Å²) in [6.07, 6.45) is 0. The van der Waals surface area contributed by atoms with Gasteiger partial charge in [-0.25, -0.2) is 0 Å². The molecule has 4 nitrogen and oxygen atoms in total. The van der Waals surface area contributed by atoms with Gasteiger partial charge in [0, 0.05) is 11.9 Å². The highest BCUT2D eigenvalue weighted by Crippen LogP contribution is 2.32. The molecule has 0 radical (unpaired) electrons. The number of rotatable bonds is 4. The molecule has 0 heterocycles. The first-order valence-corrected chi connectivity index (χ1v) is 6.21. The number of alkyl halides is 1. The lowest BCUT2D eigenvalue weighted by Gasteiger charge is -2.07. The molecule has 5 heteroatoms. The average molecular weight is 278 g/mol. The lowest BCUT2D eigenvalue weighted by molar-refractivity contribution is -0.385. The summed E-state index contributed by atoms with van der Waals surface area (Å²) in [6.45, 7) is 1.96. The maximum Gasteiger partial charge on any atom is 0.311 e. The second-order valence-corrected chi connectivity index (χ2v) is 4.38. The minimum atomic E-state index is -0.473. The van der Waals surface area contributed by atoms with Crippen molar-refractivity contribution < 1.29 is 9.66 Å². The fourth-order valence-electron chi connectivity index (χ4n) is 1.61. The first-order valence-electron chi connectivity index (χ1n) is 5.68. The van der Waals surface area contributed by atoms with Crippen LogP contribution in [0.25, 0.3) is 0 Å². The van der Waals surface area contributed by atoms with E-state index in [1.807, 2.05) is 19.1 Å². The van der Waals surface area contributed by atoms with Crippen LogP contribution in [0.15, 0.2) is 42.5 Å². The topological polar surface area (TPSA) is 52.4 Å². The Morgan fingerprint density at radius 3 is 2.47 bits per heavy atom. The highest BCUT2D eigenvalue weighted by molar-refractivity contribution is 6.17. The molecule has 2 aromatic rings. The number of benzene rings is 2. The van der Waals surface area contributed by atoms with Gasteiger partial charge in [0.2, 0.25) is 5.75 Å². The molecule has 0 aliphatic rings. The van der Waals surface area contributed by atoms with Crippen molar-refractivity contribution in [2.24, 2.45) is 0 Å². The molecule has 0 saturated carbocycles. The standard InChI is InChI=1S/C14H12ClNO3/c1-10-2-5-12(6-3-10)19-14-7-4-11(9-15)8-13(14)16(17)18/h2-8H,9H2,1H3. The highest BCUT2D eigenvalue weighted by atomic mass is 35.5. The van der Waals surface area contributed by atoms with E-state index in [2.05, 4.69) is 0 Å². The molecule has 0 N–H and O–H groups in total. The molecule has 0 unspecified atom stereocenters. The summed E-state index contributed by atoms with van der Waals surface area (Å²) in [5.41, 5.74) is 1.70. The van der Waals surface area contributed by atoms with E-state index >= 15 is 0 Å². The molecule has 0 fully saturated rings. The Morgan fingerprint density at radius 1 is 1.21 bits per heavy atom. The molecule has 2 rings (SSSR count). The molecule has 19 heavy (non-hydrogen) atoms. The number of hydrogen-bond donors (Lipinski definition) is 0. The van der Waals surface area contributed by atoms with Gasteiger partial charge in [-0.15, -0.1) is 11.6 Å². The van der Waals surface area contributed by atoms with Crippen molar-refractivity contribution in [2.45, 2.75) is 12.8 Å². The fourth-order valence-corrected chi connectivity index (χ4v) is 1.77. The Morgan fingerprint density at radius 2 is 1.89 bits per heavy atom. The number of nitro groups is 1. The van der Waals surface area contributed by atoms with Crippen LogP contribution in [0.1, 0.15) is 11.1 Å². The van der Waals surface area contributed by atoms with Gasteiger partial charge in [-0.2, -0.15) is 0 Å². The number of nitrogens with zero attached hydrogens (tertiary/aromatic N) is 1. The molecule has 0 aromatic heterocycles. The smallest absolute Gasteiger partial charge is 0.311 e. The van der Waals surface area contributed by atoms with Crippen molar-refractivity contribution in [2.75, 3.05) is 0 Å². The third kappa shape index (κ3) is 3.23. The van der Waals surface area contributed by atoms with Gasteiger partial charge in [0.25, 0.3) is 0 Å². The molecule has 98 valence electrons. The van der Waals surface area contributed by atoms with Gasteiger partial charge in [0.15, 0.2) is 0 Å². The van der Waals surface area contributed by atoms with Crippen LogP contribution in [-0.4, -0.2) is 4.92 Å². The first kappa shape index (κ1) is 13.4. The van der Waals surface area contributed by atoms with Crippen LogP contribution in [0.3, 0.4) is 0 Å². The van der Waals surface area contributed by atoms with Crippen LogP contribution in [0.2, 0.25) is 0 Å². The van der Waals surface area contributed by atoms with Crippen LogP contribution in [-0.2, 0) is 5.88 Å². The second-order valence-electron chi connectivity index (χ2n) is 4.11. The van der Waals surface area contributed by atoms with Gasteiger partial charge >= 0.3 is 5.69 Å². The maximum atomic E-state index is 11.0. The Bertz CT molecular complexity index is 596. The van der Waals surface area contributed by atoms with E-state index < -0.39 is 4.92 Å². The molecular weight excluding hydrogens is 266 g/mol. The Labute approximate surface area is 115 Å². The molecular formula is C14H12ClNO3. The quantitative estimate of drug-likeness (QED) is 0.472. The SMILES string of the molecule is Cc1ccc(Oc2ccc(CCl)cc2[N+](=O)[O-])cc1. The Balaban J connectivity index is 2.33. The summed E-state index contributed by atoms with van der Waals surface area (Å²) in [7, 11) is 0. The largest absolute Gasteiger partial charge is 0.450 e. The number of nitro benzene ring substituents is 1. The molecule has 0 aliphatic carbocycles. The van der Waals surface area contributed by atoms with E-state index in [1.54, 1.807) is 24.3 Å². The Hall–Kier alpha value is -2.07. The number of aryl methyl sites for hydroxylation is 1. The van der Waals surface area contributed by atoms with Gasteiger partial charge in [-0.05, 0) is 30.7 Å². The first-order chi connectivity index (χ1) is 9.10. The van der Waals surface area contributed by atoms with E-state index in [4.69, 9.17) is 16.3 Å². The summed E-state index contributed by atoms with van der Waals surface area (Å²) in [4.78, 5) is 10.5. The fraction of sp³-hybridized carbons (Fsp3) is 0.143. The summed E-state index contributed by atoms with van der Waals surface area (Å²) in [6, 6.07) is 12.0. The normalized spacial score (nSPS) is 10.2.